The molecule has 4 rings (SSSR count). The van der Waals surface area contributed by atoms with Gasteiger partial charge in [-0.3, -0.25) is 9.78 Å². The molecule has 1 aliphatic rings. The number of carbonyl (C=O) groups excluding carboxylic acids is 1. The van der Waals surface area contributed by atoms with E-state index >= 15 is 0 Å². The fourth-order valence-electron chi connectivity index (χ4n) is 3.06. The zero-order chi connectivity index (χ0) is 18.1. The van der Waals surface area contributed by atoms with Gasteiger partial charge in [-0.15, -0.1) is 0 Å². The van der Waals surface area contributed by atoms with Gasteiger partial charge in [-0.05, 0) is 5.56 Å². The highest BCUT2D eigenvalue weighted by atomic mass is 16.5. The van der Waals surface area contributed by atoms with Crippen LogP contribution in [0.2, 0.25) is 0 Å². The SMILES string of the molecule is COc1cncc(-c2ccccc2[C@H]2Cc3nc(N)ncc3C(=O)N2)n1. The second-order valence-corrected chi connectivity index (χ2v) is 5.85. The van der Waals surface area contributed by atoms with E-state index in [2.05, 4.69) is 25.3 Å². The summed E-state index contributed by atoms with van der Waals surface area (Å²) < 4.78 is 5.16. The molecule has 0 radical (unpaired) electrons. The van der Waals surface area contributed by atoms with E-state index in [1.54, 1.807) is 19.5 Å². The molecule has 26 heavy (non-hydrogen) atoms. The number of anilines is 1. The minimum absolute atomic E-state index is 0.157. The number of methoxy groups -OCH3 is 1. The van der Waals surface area contributed by atoms with Crippen molar-refractivity contribution >= 4 is 11.9 Å². The Morgan fingerprint density at radius 2 is 2.00 bits per heavy atom. The van der Waals surface area contributed by atoms with Crippen LogP contribution in [0, 0.1) is 0 Å². The molecule has 1 amide bonds. The number of ether oxygens (including phenoxy) is 1. The van der Waals surface area contributed by atoms with Crippen molar-refractivity contribution in [2.24, 2.45) is 0 Å². The predicted molar refractivity (Wildman–Crippen MR) is 94.4 cm³/mol. The van der Waals surface area contributed by atoms with Crippen LogP contribution in [0.5, 0.6) is 5.88 Å². The Balaban J connectivity index is 1.76. The molecule has 8 nitrogen and oxygen atoms in total. The Morgan fingerprint density at radius 3 is 2.85 bits per heavy atom. The van der Waals surface area contributed by atoms with Gasteiger partial charge in [0.05, 0.1) is 42.5 Å². The van der Waals surface area contributed by atoms with Gasteiger partial charge < -0.3 is 15.8 Å². The van der Waals surface area contributed by atoms with Crippen molar-refractivity contribution < 1.29 is 9.53 Å². The molecule has 2 aromatic heterocycles. The molecular formula is C18H16N6O2. The second kappa shape index (κ2) is 6.40. The molecule has 0 bridgehead atoms. The van der Waals surface area contributed by atoms with Crippen LogP contribution < -0.4 is 15.8 Å². The van der Waals surface area contributed by atoms with Crippen molar-refractivity contribution in [1.29, 1.82) is 0 Å². The molecule has 3 aromatic rings. The number of carbonyl (C=O) groups is 1. The van der Waals surface area contributed by atoms with Crippen molar-refractivity contribution in [3.63, 3.8) is 0 Å². The van der Waals surface area contributed by atoms with Crippen LogP contribution in [-0.2, 0) is 6.42 Å². The minimum atomic E-state index is -0.256. The Hall–Kier alpha value is -3.55. The van der Waals surface area contributed by atoms with E-state index < -0.39 is 0 Å². The highest BCUT2D eigenvalue weighted by Gasteiger charge is 2.28. The number of nitrogen functional groups attached to an aromatic ring is 1. The largest absolute Gasteiger partial charge is 0.480 e. The van der Waals surface area contributed by atoms with Gasteiger partial charge in [-0.2, -0.15) is 0 Å². The van der Waals surface area contributed by atoms with E-state index in [1.807, 2.05) is 24.3 Å². The van der Waals surface area contributed by atoms with E-state index in [9.17, 15) is 4.79 Å². The lowest BCUT2D eigenvalue weighted by Crippen LogP contribution is -2.36. The van der Waals surface area contributed by atoms with Crippen molar-refractivity contribution in [3.05, 3.63) is 59.7 Å². The van der Waals surface area contributed by atoms with Crippen LogP contribution in [0.15, 0.2) is 42.9 Å². The van der Waals surface area contributed by atoms with E-state index in [1.165, 1.54) is 6.20 Å². The summed E-state index contributed by atoms with van der Waals surface area (Å²) in [4.78, 5) is 29.2. The number of benzene rings is 1. The summed E-state index contributed by atoms with van der Waals surface area (Å²) in [6.45, 7) is 0. The number of aromatic nitrogens is 4. The van der Waals surface area contributed by atoms with Gasteiger partial charge in [0, 0.05) is 18.2 Å². The van der Waals surface area contributed by atoms with Gasteiger partial charge in [0.15, 0.2) is 0 Å². The first-order chi connectivity index (χ1) is 12.7. The Labute approximate surface area is 149 Å². The molecule has 1 atom stereocenters. The van der Waals surface area contributed by atoms with Crippen LogP contribution in [0.1, 0.15) is 27.7 Å². The first-order valence-corrected chi connectivity index (χ1v) is 8.03. The molecule has 1 aliphatic heterocycles. The van der Waals surface area contributed by atoms with Crippen LogP contribution in [0.25, 0.3) is 11.3 Å². The van der Waals surface area contributed by atoms with Crippen molar-refractivity contribution in [2.45, 2.75) is 12.5 Å². The van der Waals surface area contributed by atoms with Gasteiger partial charge in [-0.25, -0.2) is 15.0 Å². The summed E-state index contributed by atoms with van der Waals surface area (Å²) in [5, 5.41) is 3.01. The molecule has 0 saturated heterocycles. The van der Waals surface area contributed by atoms with Crippen LogP contribution >= 0.6 is 0 Å². The van der Waals surface area contributed by atoms with E-state index in [0.29, 0.717) is 29.3 Å². The zero-order valence-corrected chi connectivity index (χ0v) is 14.0. The summed E-state index contributed by atoms with van der Waals surface area (Å²) in [6, 6.07) is 7.47. The number of rotatable bonds is 3. The van der Waals surface area contributed by atoms with Crippen molar-refractivity contribution in [3.8, 4) is 17.1 Å². The summed E-state index contributed by atoms with van der Waals surface area (Å²) in [5.74, 6) is 0.364. The van der Waals surface area contributed by atoms with Crippen molar-refractivity contribution in [1.82, 2.24) is 25.3 Å². The van der Waals surface area contributed by atoms with Gasteiger partial charge >= 0.3 is 0 Å². The number of hydrogen-bond donors (Lipinski definition) is 2. The molecule has 1 aromatic carbocycles. The first-order valence-electron chi connectivity index (χ1n) is 8.03. The summed E-state index contributed by atoms with van der Waals surface area (Å²) in [7, 11) is 1.54. The van der Waals surface area contributed by atoms with E-state index in [0.717, 1.165) is 11.1 Å². The van der Waals surface area contributed by atoms with Gasteiger partial charge in [0.2, 0.25) is 11.8 Å². The van der Waals surface area contributed by atoms with Gasteiger partial charge in [-0.1, -0.05) is 24.3 Å². The van der Waals surface area contributed by atoms with Gasteiger partial charge in [0.25, 0.3) is 5.91 Å². The standard InChI is InChI=1S/C18H16N6O2/c1-26-16-9-20-8-15(22-16)11-5-3-2-4-10(11)13-6-14-12(17(25)23-13)7-21-18(19)24-14/h2-5,7-9,13H,6H2,1H3,(H,23,25)(H2,19,21,24)/t13-/m1/s1. The fraction of sp³-hybridized carbons (Fsp3) is 0.167. The Kier molecular flexibility index (Phi) is 3.92. The maximum Gasteiger partial charge on any atom is 0.255 e. The highest BCUT2D eigenvalue weighted by molar-refractivity contribution is 5.96. The average molecular weight is 348 g/mol. The Bertz CT molecular complexity index is 991. The molecule has 3 heterocycles. The van der Waals surface area contributed by atoms with E-state index in [-0.39, 0.29) is 17.9 Å². The molecule has 0 spiro atoms. The average Bonchev–Trinajstić information content (AvgIpc) is 2.67. The lowest BCUT2D eigenvalue weighted by Gasteiger charge is -2.26. The number of nitrogens with one attached hydrogen (secondary N) is 1. The molecule has 0 aliphatic carbocycles. The predicted octanol–water partition coefficient (Wildman–Crippen LogP) is 1.55. The number of nitrogens with zero attached hydrogens (tertiary/aromatic N) is 4. The highest BCUT2D eigenvalue weighted by Crippen LogP contribution is 2.32. The number of fused-ring (bicyclic) bond motifs is 1. The topological polar surface area (TPSA) is 116 Å². The normalized spacial score (nSPS) is 15.9. The number of amides is 1. The monoisotopic (exact) mass is 348 g/mol. The quantitative estimate of drug-likeness (QED) is 0.737. The molecule has 3 N–H and O–H groups in total. The molecule has 0 saturated carbocycles. The molecule has 8 heteroatoms. The van der Waals surface area contributed by atoms with E-state index in [4.69, 9.17) is 10.5 Å². The number of nitrogens with two attached hydrogens (primary N) is 1. The maximum absolute atomic E-state index is 12.4. The van der Waals surface area contributed by atoms with Crippen LogP contribution in [0.3, 0.4) is 0 Å². The van der Waals surface area contributed by atoms with Crippen LogP contribution in [0.4, 0.5) is 5.95 Å². The molecular weight excluding hydrogens is 332 g/mol. The lowest BCUT2D eigenvalue weighted by molar-refractivity contribution is 0.0923. The third-order valence-corrected chi connectivity index (χ3v) is 4.27. The fourth-order valence-corrected chi connectivity index (χ4v) is 3.06. The van der Waals surface area contributed by atoms with Gasteiger partial charge in [0.1, 0.15) is 0 Å². The molecule has 0 unspecified atom stereocenters. The summed E-state index contributed by atoms with van der Waals surface area (Å²) in [6.07, 6.45) is 5.19. The summed E-state index contributed by atoms with van der Waals surface area (Å²) >= 11 is 0. The minimum Gasteiger partial charge on any atom is -0.480 e. The van der Waals surface area contributed by atoms with Crippen LogP contribution in [-0.4, -0.2) is 33.0 Å². The van der Waals surface area contributed by atoms with Crippen molar-refractivity contribution in [2.75, 3.05) is 12.8 Å². The summed E-state index contributed by atoms with van der Waals surface area (Å²) in [5.41, 5.74) is 9.23. The number of hydrogen-bond acceptors (Lipinski definition) is 7. The third-order valence-electron chi connectivity index (χ3n) is 4.27. The molecule has 0 fully saturated rings. The smallest absolute Gasteiger partial charge is 0.255 e. The maximum atomic E-state index is 12.4. The first kappa shape index (κ1) is 15.9. The Morgan fingerprint density at radius 1 is 1.15 bits per heavy atom. The third kappa shape index (κ3) is 2.81. The lowest BCUT2D eigenvalue weighted by atomic mass is 9.91. The zero-order valence-electron chi connectivity index (χ0n) is 14.0. The second-order valence-electron chi connectivity index (χ2n) is 5.85. The molecule has 130 valence electrons.